The van der Waals surface area contributed by atoms with Gasteiger partial charge in [0.2, 0.25) is 0 Å². The van der Waals surface area contributed by atoms with Crippen molar-refractivity contribution in [1.82, 2.24) is 4.31 Å². The molecule has 0 atom stereocenters. The molecule has 116 valence electrons. The second-order valence-electron chi connectivity index (χ2n) is 6.06. The first-order valence-corrected chi connectivity index (χ1v) is 9.14. The summed E-state index contributed by atoms with van der Waals surface area (Å²) in [7, 11) is -3.45. The zero-order valence-electron chi connectivity index (χ0n) is 12.4. The number of hydrogen-bond acceptors (Lipinski definition) is 3. The molecule has 0 aliphatic carbocycles. The van der Waals surface area contributed by atoms with Crippen LogP contribution >= 0.6 is 0 Å². The number of rotatable bonds is 3. The molecule has 2 heterocycles. The Labute approximate surface area is 126 Å². The molecule has 2 aliphatic rings. The summed E-state index contributed by atoms with van der Waals surface area (Å²) in [5.74, 6) is 0.614. The lowest BCUT2D eigenvalue weighted by Gasteiger charge is -2.30. The molecule has 21 heavy (non-hydrogen) atoms. The van der Waals surface area contributed by atoms with Crippen LogP contribution in [-0.4, -0.2) is 32.4 Å². The van der Waals surface area contributed by atoms with E-state index in [1.807, 2.05) is 12.1 Å². The third kappa shape index (κ3) is 3.16. The average molecular weight is 309 g/mol. The third-order valence-electron chi connectivity index (χ3n) is 4.40. The topological polar surface area (TPSA) is 61.4 Å². The Morgan fingerprint density at radius 3 is 2.81 bits per heavy atom. The molecule has 2 N–H and O–H groups in total. The molecular weight excluding hydrogens is 286 g/mol. The minimum Gasteiger partial charge on any atom is -0.383 e. The van der Waals surface area contributed by atoms with Crippen LogP contribution < -0.4 is 10.0 Å². The van der Waals surface area contributed by atoms with Crippen molar-refractivity contribution < 1.29 is 8.42 Å². The van der Waals surface area contributed by atoms with E-state index in [4.69, 9.17) is 0 Å². The molecule has 0 bridgehead atoms. The monoisotopic (exact) mass is 309 g/mol. The smallest absolute Gasteiger partial charge is 0.301 e. The van der Waals surface area contributed by atoms with E-state index in [2.05, 4.69) is 23.0 Å². The molecule has 2 aliphatic heterocycles. The van der Waals surface area contributed by atoms with Crippen LogP contribution in [0.4, 0.5) is 11.4 Å². The van der Waals surface area contributed by atoms with Crippen LogP contribution in [0.2, 0.25) is 0 Å². The predicted octanol–water partition coefficient (Wildman–Crippen LogP) is 2.43. The van der Waals surface area contributed by atoms with Crippen LogP contribution in [0.15, 0.2) is 18.2 Å². The van der Waals surface area contributed by atoms with Gasteiger partial charge >= 0.3 is 10.2 Å². The molecule has 5 nitrogen and oxygen atoms in total. The standard InChI is InChI=1S/C15H23N3O2S/c1-12-7-10-18(11-8-12)21(19,20)17-14-6-2-4-13-5-3-9-16-15(13)14/h2,4,6,12,16-17H,3,5,7-11H2,1H3. The normalized spacial score (nSPS) is 20.6. The van der Waals surface area contributed by atoms with Gasteiger partial charge in [-0.25, -0.2) is 0 Å². The molecule has 0 radical (unpaired) electrons. The maximum absolute atomic E-state index is 12.5. The molecule has 0 amide bonds. The number of benzene rings is 1. The van der Waals surface area contributed by atoms with E-state index in [0.29, 0.717) is 24.7 Å². The van der Waals surface area contributed by atoms with Gasteiger partial charge in [-0.15, -0.1) is 0 Å². The molecule has 0 unspecified atom stereocenters. The molecule has 3 rings (SSSR count). The highest BCUT2D eigenvalue weighted by molar-refractivity contribution is 7.90. The SMILES string of the molecule is CC1CCN(S(=O)(=O)Nc2cccc3c2NCCC3)CC1. The number of aryl methyl sites for hydroxylation is 1. The number of para-hydroxylation sites is 1. The van der Waals surface area contributed by atoms with Gasteiger partial charge in [-0.2, -0.15) is 12.7 Å². The van der Waals surface area contributed by atoms with Gasteiger partial charge in [-0.05, 0) is 43.2 Å². The Kier molecular flexibility index (Phi) is 4.08. The van der Waals surface area contributed by atoms with Crippen LogP contribution in [0.1, 0.15) is 31.7 Å². The van der Waals surface area contributed by atoms with E-state index in [9.17, 15) is 8.42 Å². The highest BCUT2D eigenvalue weighted by atomic mass is 32.2. The minimum atomic E-state index is -3.45. The quantitative estimate of drug-likeness (QED) is 0.901. The fraction of sp³-hybridized carbons (Fsp3) is 0.600. The number of piperidine rings is 1. The number of hydrogen-bond donors (Lipinski definition) is 2. The van der Waals surface area contributed by atoms with Crippen molar-refractivity contribution in [2.75, 3.05) is 29.7 Å². The van der Waals surface area contributed by atoms with Gasteiger partial charge in [0.15, 0.2) is 0 Å². The molecule has 1 aromatic rings. The van der Waals surface area contributed by atoms with E-state index in [0.717, 1.165) is 37.9 Å². The van der Waals surface area contributed by atoms with Crippen LogP contribution in [-0.2, 0) is 16.6 Å². The second-order valence-corrected chi connectivity index (χ2v) is 7.73. The highest BCUT2D eigenvalue weighted by Crippen LogP contribution is 2.31. The number of anilines is 2. The third-order valence-corrected chi connectivity index (χ3v) is 5.92. The Bertz CT molecular complexity index is 607. The maximum Gasteiger partial charge on any atom is 0.301 e. The van der Waals surface area contributed by atoms with Gasteiger partial charge < -0.3 is 5.32 Å². The maximum atomic E-state index is 12.5. The van der Waals surface area contributed by atoms with E-state index in [-0.39, 0.29) is 0 Å². The Morgan fingerprint density at radius 1 is 1.29 bits per heavy atom. The summed E-state index contributed by atoms with van der Waals surface area (Å²) in [4.78, 5) is 0. The van der Waals surface area contributed by atoms with Gasteiger partial charge in [0.25, 0.3) is 0 Å². The van der Waals surface area contributed by atoms with Gasteiger partial charge in [0.05, 0.1) is 11.4 Å². The van der Waals surface area contributed by atoms with Crippen LogP contribution in [0.3, 0.4) is 0 Å². The highest BCUT2D eigenvalue weighted by Gasteiger charge is 2.27. The summed E-state index contributed by atoms with van der Waals surface area (Å²) >= 11 is 0. The van der Waals surface area contributed by atoms with E-state index < -0.39 is 10.2 Å². The summed E-state index contributed by atoms with van der Waals surface area (Å²) in [5, 5.41) is 3.32. The van der Waals surface area contributed by atoms with E-state index in [1.165, 1.54) is 5.56 Å². The first-order chi connectivity index (χ1) is 10.1. The zero-order valence-corrected chi connectivity index (χ0v) is 13.2. The Hall–Kier alpha value is -1.27. The second kappa shape index (κ2) is 5.85. The summed E-state index contributed by atoms with van der Waals surface area (Å²) in [6.45, 7) is 4.29. The van der Waals surface area contributed by atoms with Gasteiger partial charge in [-0.1, -0.05) is 19.1 Å². The van der Waals surface area contributed by atoms with Gasteiger partial charge in [0, 0.05) is 19.6 Å². The van der Waals surface area contributed by atoms with E-state index in [1.54, 1.807) is 4.31 Å². The molecule has 1 aromatic carbocycles. The largest absolute Gasteiger partial charge is 0.383 e. The first-order valence-electron chi connectivity index (χ1n) is 7.70. The molecule has 0 spiro atoms. The lowest BCUT2D eigenvalue weighted by atomic mass is 10.0. The summed E-state index contributed by atoms with van der Waals surface area (Å²) < 4.78 is 29.4. The van der Waals surface area contributed by atoms with Crippen molar-refractivity contribution in [1.29, 1.82) is 0 Å². The summed E-state index contributed by atoms with van der Waals surface area (Å²) in [6, 6.07) is 5.81. The zero-order chi connectivity index (χ0) is 14.9. The average Bonchev–Trinajstić information content (AvgIpc) is 2.48. The van der Waals surface area contributed by atoms with Crippen LogP contribution in [0.25, 0.3) is 0 Å². The fourth-order valence-corrected chi connectivity index (χ4v) is 4.29. The molecule has 0 aromatic heterocycles. The predicted molar refractivity (Wildman–Crippen MR) is 85.8 cm³/mol. The van der Waals surface area contributed by atoms with Gasteiger partial charge in [-0.3, -0.25) is 4.72 Å². The minimum absolute atomic E-state index is 0.610. The van der Waals surface area contributed by atoms with Crippen molar-refractivity contribution in [3.05, 3.63) is 23.8 Å². The molecule has 0 saturated carbocycles. The number of fused-ring (bicyclic) bond motifs is 1. The summed E-state index contributed by atoms with van der Waals surface area (Å²) in [5.41, 5.74) is 2.80. The number of nitrogens with zero attached hydrogens (tertiary/aromatic N) is 1. The molecule has 1 saturated heterocycles. The van der Waals surface area contributed by atoms with Crippen molar-refractivity contribution in [3.63, 3.8) is 0 Å². The van der Waals surface area contributed by atoms with Crippen molar-refractivity contribution >= 4 is 21.6 Å². The lowest BCUT2D eigenvalue weighted by Crippen LogP contribution is -2.41. The fourth-order valence-electron chi connectivity index (χ4n) is 3.02. The first kappa shape index (κ1) is 14.7. The number of nitrogens with one attached hydrogen (secondary N) is 2. The van der Waals surface area contributed by atoms with Gasteiger partial charge in [0.1, 0.15) is 0 Å². The molecule has 6 heteroatoms. The molecular formula is C15H23N3O2S. The Morgan fingerprint density at radius 2 is 2.05 bits per heavy atom. The van der Waals surface area contributed by atoms with Crippen molar-refractivity contribution in [2.24, 2.45) is 5.92 Å². The van der Waals surface area contributed by atoms with Crippen molar-refractivity contribution in [3.8, 4) is 0 Å². The van der Waals surface area contributed by atoms with Crippen molar-refractivity contribution in [2.45, 2.75) is 32.6 Å². The van der Waals surface area contributed by atoms with Crippen LogP contribution in [0.5, 0.6) is 0 Å². The Balaban J connectivity index is 1.79. The summed E-state index contributed by atoms with van der Waals surface area (Å²) in [6.07, 6.45) is 3.96. The molecule has 1 fully saturated rings. The van der Waals surface area contributed by atoms with E-state index >= 15 is 0 Å². The lowest BCUT2D eigenvalue weighted by molar-refractivity contribution is 0.289. The van der Waals surface area contributed by atoms with Crippen LogP contribution in [0, 0.1) is 5.92 Å².